The average molecular weight is 415 g/mol. The van der Waals surface area contributed by atoms with Gasteiger partial charge in [-0.15, -0.1) is 0 Å². The fourth-order valence-electron chi connectivity index (χ4n) is 3.91. The van der Waals surface area contributed by atoms with Crippen LogP contribution in [0.5, 0.6) is 11.5 Å². The van der Waals surface area contributed by atoms with Gasteiger partial charge in [-0.25, -0.2) is 4.39 Å². The van der Waals surface area contributed by atoms with Gasteiger partial charge in [0.05, 0.1) is 17.5 Å². The molecule has 0 amide bonds. The first-order chi connectivity index (χ1) is 15.1. The third-order valence-electron chi connectivity index (χ3n) is 5.45. The zero-order valence-electron chi connectivity index (χ0n) is 16.4. The van der Waals surface area contributed by atoms with Crippen molar-refractivity contribution in [1.82, 2.24) is 4.98 Å². The second kappa shape index (κ2) is 7.72. The van der Waals surface area contributed by atoms with E-state index in [1.165, 1.54) is 12.1 Å². The minimum absolute atomic E-state index is 0.0875. The van der Waals surface area contributed by atoms with Crippen molar-refractivity contribution < 1.29 is 18.7 Å². The van der Waals surface area contributed by atoms with Crippen LogP contribution in [-0.4, -0.2) is 11.0 Å². The predicted octanol–water partition coefficient (Wildman–Crippen LogP) is 4.69. The molecule has 0 radical (unpaired) electrons. The molecule has 2 heterocycles. The van der Waals surface area contributed by atoms with Gasteiger partial charge in [0, 0.05) is 11.3 Å². The number of carbonyl (C=O) groups excluding carboxylic acids is 1. The zero-order valence-corrected chi connectivity index (χ0v) is 16.4. The van der Waals surface area contributed by atoms with Gasteiger partial charge in [0.25, 0.3) is 5.56 Å². The lowest BCUT2D eigenvalue weighted by Crippen LogP contribution is -2.28. The number of para-hydroxylation sites is 1. The highest BCUT2D eigenvalue weighted by molar-refractivity contribution is 5.91. The third-order valence-corrected chi connectivity index (χ3v) is 5.45. The number of aromatic nitrogens is 1. The molecule has 6 heteroatoms. The van der Waals surface area contributed by atoms with E-state index in [1.54, 1.807) is 30.3 Å². The molecule has 0 aliphatic carbocycles. The molecule has 154 valence electrons. The van der Waals surface area contributed by atoms with Gasteiger partial charge in [-0.3, -0.25) is 9.59 Å². The molecule has 31 heavy (non-hydrogen) atoms. The summed E-state index contributed by atoms with van der Waals surface area (Å²) >= 11 is 0. The third kappa shape index (κ3) is 3.68. The fourth-order valence-corrected chi connectivity index (χ4v) is 3.91. The molecule has 5 rings (SSSR count). The lowest BCUT2D eigenvalue weighted by Gasteiger charge is -2.25. The number of hydrogen-bond acceptors (Lipinski definition) is 4. The fraction of sp³-hybridized carbons (Fsp3) is 0.120. The molecule has 5 nitrogen and oxygen atoms in total. The van der Waals surface area contributed by atoms with Crippen molar-refractivity contribution in [3.8, 4) is 11.5 Å². The molecule has 4 aromatic rings. The lowest BCUT2D eigenvalue weighted by atomic mass is 9.86. The number of hydrogen-bond donors (Lipinski definition) is 1. The van der Waals surface area contributed by atoms with Crippen LogP contribution >= 0.6 is 0 Å². The standard InChI is InChI=1S/C25H18FNO4/c26-17-9-5-15(6-10-17)14-30-18-11-7-16(8-12-18)20-13-22(28)31-24-19-3-1-2-4-21(19)27-25(29)23(20)24/h1-12,20H,13-14H2,(H,27,29). The van der Waals surface area contributed by atoms with Gasteiger partial charge in [-0.2, -0.15) is 0 Å². The highest BCUT2D eigenvalue weighted by Crippen LogP contribution is 2.40. The molecule has 1 aliphatic rings. The highest BCUT2D eigenvalue weighted by Gasteiger charge is 2.32. The van der Waals surface area contributed by atoms with E-state index in [1.807, 2.05) is 30.3 Å². The molecule has 1 aliphatic heterocycles. The Hall–Kier alpha value is -3.93. The molecule has 1 N–H and O–H groups in total. The van der Waals surface area contributed by atoms with Crippen molar-refractivity contribution in [2.24, 2.45) is 0 Å². The van der Waals surface area contributed by atoms with Gasteiger partial charge in [-0.05, 0) is 47.5 Å². The predicted molar refractivity (Wildman–Crippen MR) is 114 cm³/mol. The Bertz CT molecular complexity index is 1330. The summed E-state index contributed by atoms with van der Waals surface area (Å²) in [4.78, 5) is 28.0. The first-order valence-electron chi connectivity index (χ1n) is 9.91. The van der Waals surface area contributed by atoms with Crippen LogP contribution in [0.1, 0.15) is 29.0 Å². The molecule has 0 bridgehead atoms. The second-order valence-corrected chi connectivity index (χ2v) is 7.46. The van der Waals surface area contributed by atoms with Crippen molar-refractivity contribution in [2.75, 3.05) is 0 Å². The quantitative estimate of drug-likeness (QED) is 0.491. The van der Waals surface area contributed by atoms with Crippen LogP contribution in [0.15, 0.2) is 77.6 Å². The number of aromatic amines is 1. The molecule has 1 unspecified atom stereocenters. The number of halogens is 1. The summed E-state index contributed by atoms with van der Waals surface area (Å²) < 4.78 is 24.3. The summed E-state index contributed by atoms with van der Waals surface area (Å²) in [7, 11) is 0. The largest absolute Gasteiger partial charge is 0.489 e. The number of pyridine rings is 1. The molecular formula is C25H18FNO4. The van der Waals surface area contributed by atoms with E-state index in [2.05, 4.69) is 4.98 Å². The minimum Gasteiger partial charge on any atom is -0.489 e. The maximum Gasteiger partial charge on any atom is 0.312 e. The number of esters is 1. The van der Waals surface area contributed by atoms with E-state index in [9.17, 15) is 14.0 Å². The number of rotatable bonds is 4. The Kier molecular flexibility index (Phi) is 4.75. The number of carbonyl (C=O) groups is 1. The zero-order chi connectivity index (χ0) is 21.4. The Morgan fingerprint density at radius 1 is 0.968 bits per heavy atom. The summed E-state index contributed by atoms with van der Waals surface area (Å²) in [5.41, 5.74) is 2.51. The molecule has 0 saturated carbocycles. The topological polar surface area (TPSA) is 68.4 Å². The molecule has 1 aromatic heterocycles. The SMILES string of the molecule is O=C1CC(c2ccc(OCc3ccc(F)cc3)cc2)c2c(c3ccccc3[nH]c2=O)O1. The van der Waals surface area contributed by atoms with Crippen LogP contribution in [-0.2, 0) is 11.4 Å². The number of H-pyrrole nitrogens is 1. The average Bonchev–Trinajstić information content (AvgIpc) is 2.78. The molecule has 0 spiro atoms. The van der Waals surface area contributed by atoms with E-state index < -0.39 is 5.92 Å². The van der Waals surface area contributed by atoms with Crippen molar-refractivity contribution >= 4 is 16.9 Å². The Balaban J connectivity index is 1.44. The van der Waals surface area contributed by atoms with E-state index in [0.717, 1.165) is 11.1 Å². The number of ether oxygens (including phenoxy) is 2. The van der Waals surface area contributed by atoms with E-state index in [4.69, 9.17) is 9.47 Å². The maximum absolute atomic E-state index is 13.0. The maximum atomic E-state index is 13.0. The van der Waals surface area contributed by atoms with Crippen LogP contribution in [0, 0.1) is 5.82 Å². The van der Waals surface area contributed by atoms with Crippen molar-refractivity contribution in [3.63, 3.8) is 0 Å². The first-order valence-corrected chi connectivity index (χ1v) is 9.91. The van der Waals surface area contributed by atoms with Gasteiger partial charge in [0.1, 0.15) is 23.9 Å². The van der Waals surface area contributed by atoms with Crippen LogP contribution in [0.4, 0.5) is 4.39 Å². The monoisotopic (exact) mass is 415 g/mol. The van der Waals surface area contributed by atoms with Gasteiger partial charge >= 0.3 is 5.97 Å². The summed E-state index contributed by atoms with van der Waals surface area (Å²) in [5.74, 6) is -0.0980. The summed E-state index contributed by atoms with van der Waals surface area (Å²) in [6, 6.07) is 20.7. The minimum atomic E-state index is -0.407. The molecule has 3 aromatic carbocycles. The molecule has 0 saturated heterocycles. The van der Waals surface area contributed by atoms with Crippen LogP contribution < -0.4 is 15.0 Å². The van der Waals surface area contributed by atoms with E-state index in [-0.39, 0.29) is 23.8 Å². The summed E-state index contributed by atoms with van der Waals surface area (Å²) in [6.45, 7) is 0.309. The van der Waals surface area contributed by atoms with E-state index in [0.29, 0.717) is 34.6 Å². The van der Waals surface area contributed by atoms with Crippen LogP contribution in [0.25, 0.3) is 10.9 Å². The summed E-state index contributed by atoms with van der Waals surface area (Å²) in [6.07, 6.45) is 0.0875. The lowest BCUT2D eigenvalue weighted by molar-refractivity contribution is -0.135. The van der Waals surface area contributed by atoms with Crippen molar-refractivity contribution in [2.45, 2.75) is 18.9 Å². The molecule has 1 atom stereocenters. The second-order valence-electron chi connectivity index (χ2n) is 7.46. The Morgan fingerprint density at radius 3 is 2.48 bits per heavy atom. The highest BCUT2D eigenvalue weighted by atomic mass is 19.1. The number of nitrogens with one attached hydrogen (secondary N) is 1. The smallest absolute Gasteiger partial charge is 0.312 e. The van der Waals surface area contributed by atoms with Gasteiger partial charge < -0.3 is 14.5 Å². The van der Waals surface area contributed by atoms with Crippen LogP contribution in [0.2, 0.25) is 0 Å². The van der Waals surface area contributed by atoms with Crippen molar-refractivity contribution in [3.05, 3.63) is 106 Å². The van der Waals surface area contributed by atoms with Gasteiger partial charge in [0.15, 0.2) is 0 Å². The van der Waals surface area contributed by atoms with Crippen LogP contribution in [0.3, 0.4) is 0 Å². The van der Waals surface area contributed by atoms with Gasteiger partial charge in [-0.1, -0.05) is 36.4 Å². The number of fused-ring (bicyclic) bond motifs is 3. The molecular weight excluding hydrogens is 397 g/mol. The molecule has 0 fully saturated rings. The number of benzene rings is 3. The summed E-state index contributed by atoms with van der Waals surface area (Å²) in [5, 5.41) is 0.703. The first kappa shape index (κ1) is 19.1. The Labute approximate surface area is 177 Å². The normalized spacial score (nSPS) is 15.4. The van der Waals surface area contributed by atoms with Crippen molar-refractivity contribution in [1.29, 1.82) is 0 Å². The van der Waals surface area contributed by atoms with Gasteiger partial charge in [0.2, 0.25) is 0 Å². The van der Waals surface area contributed by atoms with E-state index >= 15 is 0 Å². The Morgan fingerprint density at radius 2 is 1.71 bits per heavy atom.